The minimum Gasteiger partial charge on any atom is -0.441 e. The molecule has 0 amide bonds. The molecule has 0 fully saturated rings. The first-order valence-electron chi connectivity index (χ1n) is 5.71. The van der Waals surface area contributed by atoms with Crippen molar-refractivity contribution in [3.05, 3.63) is 35.7 Å². The molecule has 0 aliphatic carbocycles. The number of nitrogens with zero attached hydrogens (tertiary/aromatic N) is 1. The Hall–Kier alpha value is -1.77. The average molecular weight is 230 g/mol. The maximum Gasteiger partial charge on any atom is 0.228 e. The lowest BCUT2D eigenvalue weighted by Crippen LogP contribution is -2.09. The first-order chi connectivity index (χ1) is 7.89. The second-order valence-corrected chi connectivity index (χ2v) is 5.32. The van der Waals surface area contributed by atoms with Crippen molar-refractivity contribution in [2.75, 3.05) is 5.73 Å². The molecule has 2 N–H and O–H groups in total. The molecule has 1 heterocycles. The first kappa shape index (κ1) is 11.7. The van der Waals surface area contributed by atoms with E-state index >= 15 is 0 Å². The summed E-state index contributed by atoms with van der Waals surface area (Å²) in [5.74, 6) is 1.46. The van der Waals surface area contributed by atoms with Crippen LogP contribution in [0.15, 0.2) is 28.8 Å². The molecule has 0 saturated heterocycles. The quantitative estimate of drug-likeness (QED) is 0.762. The predicted molar refractivity (Wildman–Crippen MR) is 69.8 cm³/mol. The molecule has 0 saturated carbocycles. The molecule has 0 atom stereocenters. The molecule has 17 heavy (non-hydrogen) atoms. The molecule has 2 aromatic rings. The van der Waals surface area contributed by atoms with Gasteiger partial charge in [0.2, 0.25) is 5.89 Å². The molecule has 2 rings (SSSR count). The molecule has 0 aliphatic rings. The Morgan fingerprint density at radius 1 is 1.24 bits per heavy atom. The Labute approximate surface area is 102 Å². The fraction of sp³-hybridized carbons (Fsp3) is 0.357. The number of hydrogen-bond donors (Lipinski definition) is 1. The largest absolute Gasteiger partial charge is 0.441 e. The number of hydrogen-bond acceptors (Lipinski definition) is 3. The van der Waals surface area contributed by atoms with Gasteiger partial charge in [-0.15, -0.1) is 0 Å². The third-order valence-electron chi connectivity index (χ3n) is 2.80. The van der Waals surface area contributed by atoms with Crippen LogP contribution in [0.5, 0.6) is 0 Å². The van der Waals surface area contributed by atoms with E-state index in [-0.39, 0.29) is 5.41 Å². The second-order valence-electron chi connectivity index (χ2n) is 5.32. The van der Waals surface area contributed by atoms with Crippen LogP contribution < -0.4 is 5.73 Å². The normalized spacial score (nSPS) is 11.8. The summed E-state index contributed by atoms with van der Waals surface area (Å²) in [4.78, 5) is 4.31. The second kappa shape index (κ2) is 3.91. The van der Waals surface area contributed by atoms with Crippen LogP contribution in [-0.2, 0) is 5.41 Å². The SMILES string of the molecule is Cc1cccc(-c2ncc(C(C)(C)C)o2)c1N. The van der Waals surface area contributed by atoms with E-state index in [0.717, 1.165) is 22.6 Å². The fourth-order valence-corrected chi connectivity index (χ4v) is 1.61. The molecule has 1 aromatic heterocycles. The summed E-state index contributed by atoms with van der Waals surface area (Å²) in [6.45, 7) is 8.26. The van der Waals surface area contributed by atoms with E-state index in [0.29, 0.717) is 5.89 Å². The van der Waals surface area contributed by atoms with Gasteiger partial charge in [0.15, 0.2) is 0 Å². The van der Waals surface area contributed by atoms with E-state index in [1.54, 1.807) is 6.20 Å². The highest BCUT2D eigenvalue weighted by atomic mass is 16.4. The van der Waals surface area contributed by atoms with Crippen LogP contribution in [0.2, 0.25) is 0 Å². The fourth-order valence-electron chi connectivity index (χ4n) is 1.61. The number of para-hydroxylation sites is 1. The van der Waals surface area contributed by atoms with Gasteiger partial charge in [0.05, 0.1) is 11.8 Å². The van der Waals surface area contributed by atoms with Crippen molar-refractivity contribution >= 4 is 5.69 Å². The maximum absolute atomic E-state index is 6.03. The zero-order valence-corrected chi connectivity index (χ0v) is 10.7. The number of benzene rings is 1. The topological polar surface area (TPSA) is 52.0 Å². The Kier molecular flexibility index (Phi) is 2.69. The molecule has 3 nitrogen and oxygen atoms in total. The molecule has 3 heteroatoms. The highest BCUT2D eigenvalue weighted by Crippen LogP contribution is 2.31. The molecule has 0 radical (unpaired) electrons. The Morgan fingerprint density at radius 2 is 1.94 bits per heavy atom. The van der Waals surface area contributed by atoms with Crippen LogP contribution in [0.25, 0.3) is 11.5 Å². The van der Waals surface area contributed by atoms with Crippen molar-refractivity contribution in [2.24, 2.45) is 0 Å². The number of rotatable bonds is 1. The number of aromatic nitrogens is 1. The molecular weight excluding hydrogens is 212 g/mol. The van der Waals surface area contributed by atoms with Gasteiger partial charge >= 0.3 is 0 Å². The number of oxazole rings is 1. The number of aryl methyl sites for hydroxylation is 1. The monoisotopic (exact) mass is 230 g/mol. The standard InChI is InChI=1S/C14H18N2O/c1-9-6-5-7-10(12(9)15)13-16-8-11(17-13)14(2,3)4/h5-8H,15H2,1-4H3. The third-order valence-corrected chi connectivity index (χ3v) is 2.80. The van der Waals surface area contributed by atoms with Gasteiger partial charge < -0.3 is 10.2 Å². The lowest BCUT2D eigenvalue weighted by Gasteiger charge is -2.13. The number of anilines is 1. The lowest BCUT2D eigenvalue weighted by atomic mass is 9.94. The van der Waals surface area contributed by atoms with Gasteiger partial charge in [0.25, 0.3) is 0 Å². The van der Waals surface area contributed by atoms with Crippen LogP contribution in [-0.4, -0.2) is 4.98 Å². The molecule has 0 bridgehead atoms. The summed E-state index contributed by atoms with van der Waals surface area (Å²) < 4.78 is 5.78. The summed E-state index contributed by atoms with van der Waals surface area (Å²) >= 11 is 0. The molecule has 1 aromatic carbocycles. The van der Waals surface area contributed by atoms with Gasteiger partial charge in [-0.25, -0.2) is 4.98 Å². The molecular formula is C14H18N2O. The third kappa shape index (κ3) is 2.18. The van der Waals surface area contributed by atoms with Crippen molar-refractivity contribution < 1.29 is 4.42 Å². The molecule has 90 valence electrons. The number of nitrogen functional groups attached to an aromatic ring is 1. The minimum atomic E-state index is -0.0379. The van der Waals surface area contributed by atoms with Gasteiger partial charge in [0, 0.05) is 11.1 Å². The number of nitrogens with two attached hydrogens (primary N) is 1. The van der Waals surface area contributed by atoms with E-state index in [4.69, 9.17) is 10.2 Å². The zero-order chi connectivity index (χ0) is 12.6. The Bertz CT molecular complexity index is 535. The van der Waals surface area contributed by atoms with Gasteiger partial charge in [-0.05, 0) is 18.6 Å². The highest BCUT2D eigenvalue weighted by Gasteiger charge is 2.20. The highest BCUT2D eigenvalue weighted by molar-refractivity contribution is 5.73. The Morgan fingerprint density at radius 3 is 2.53 bits per heavy atom. The van der Waals surface area contributed by atoms with Crippen molar-refractivity contribution in [1.29, 1.82) is 0 Å². The van der Waals surface area contributed by atoms with Crippen LogP contribution >= 0.6 is 0 Å². The summed E-state index contributed by atoms with van der Waals surface area (Å²) in [5, 5.41) is 0. The van der Waals surface area contributed by atoms with E-state index < -0.39 is 0 Å². The summed E-state index contributed by atoms with van der Waals surface area (Å²) in [6.07, 6.45) is 1.77. The van der Waals surface area contributed by atoms with Crippen LogP contribution in [0.3, 0.4) is 0 Å². The minimum absolute atomic E-state index is 0.0379. The predicted octanol–water partition coefficient (Wildman–Crippen LogP) is 3.53. The van der Waals surface area contributed by atoms with Crippen LogP contribution in [0.4, 0.5) is 5.69 Å². The smallest absolute Gasteiger partial charge is 0.228 e. The van der Waals surface area contributed by atoms with Gasteiger partial charge in [0.1, 0.15) is 5.76 Å². The van der Waals surface area contributed by atoms with E-state index in [1.807, 2.05) is 25.1 Å². The van der Waals surface area contributed by atoms with Crippen LogP contribution in [0.1, 0.15) is 32.1 Å². The molecule has 0 unspecified atom stereocenters. The molecule has 0 spiro atoms. The van der Waals surface area contributed by atoms with Gasteiger partial charge in [-0.2, -0.15) is 0 Å². The van der Waals surface area contributed by atoms with Crippen LogP contribution in [0, 0.1) is 6.92 Å². The summed E-state index contributed by atoms with van der Waals surface area (Å²) in [5.41, 5.74) is 8.63. The summed E-state index contributed by atoms with van der Waals surface area (Å²) in [6, 6.07) is 5.87. The zero-order valence-electron chi connectivity index (χ0n) is 10.7. The van der Waals surface area contributed by atoms with E-state index in [2.05, 4.69) is 25.8 Å². The van der Waals surface area contributed by atoms with Crippen molar-refractivity contribution in [3.8, 4) is 11.5 Å². The average Bonchev–Trinajstić information content (AvgIpc) is 2.70. The van der Waals surface area contributed by atoms with Crippen molar-refractivity contribution in [1.82, 2.24) is 4.98 Å². The first-order valence-corrected chi connectivity index (χ1v) is 5.71. The summed E-state index contributed by atoms with van der Waals surface area (Å²) in [7, 11) is 0. The maximum atomic E-state index is 6.03. The van der Waals surface area contributed by atoms with Crippen molar-refractivity contribution in [3.63, 3.8) is 0 Å². The lowest BCUT2D eigenvalue weighted by molar-refractivity contribution is 0.416. The van der Waals surface area contributed by atoms with Crippen molar-refractivity contribution in [2.45, 2.75) is 33.1 Å². The van der Waals surface area contributed by atoms with E-state index in [9.17, 15) is 0 Å². The van der Waals surface area contributed by atoms with Gasteiger partial charge in [-0.3, -0.25) is 0 Å². The van der Waals surface area contributed by atoms with Gasteiger partial charge in [-0.1, -0.05) is 32.9 Å². The molecule has 0 aliphatic heterocycles. The van der Waals surface area contributed by atoms with E-state index in [1.165, 1.54) is 0 Å². The Balaban J connectivity index is 2.48.